The maximum Gasteiger partial charge on any atom is 0.318 e. The van der Waals surface area contributed by atoms with Gasteiger partial charge in [-0.05, 0) is 12.1 Å². The third-order valence-electron chi connectivity index (χ3n) is 2.18. The molecule has 1 rings (SSSR count). The number of aliphatic carboxylic acids is 1. The van der Waals surface area contributed by atoms with Gasteiger partial charge in [0.1, 0.15) is 11.4 Å². The van der Waals surface area contributed by atoms with Crippen molar-refractivity contribution in [3.05, 3.63) is 41.7 Å². The summed E-state index contributed by atoms with van der Waals surface area (Å²) in [6.07, 6.45) is 1.21. The molecule has 104 valence electrons. The van der Waals surface area contributed by atoms with Crippen LogP contribution in [0.4, 0.5) is 4.39 Å². The van der Waals surface area contributed by atoms with E-state index >= 15 is 0 Å². The summed E-state index contributed by atoms with van der Waals surface area (Å²) in [5, 5.41) is 8.33. The molecule has 1 N–H and O–H groups in total. The summed E-state index contributed by atoms with van der Waals surface area (Å²) in [7, 11) is -4.29. The van der Waals surface area contributed by atoms with Crippen LogP contribution in [0.3, 0.4) is 0 Å². The number of nitrogens with zero attached hydrogens (tertiary/aromatic N) is 1. The number of rotatable bonds is 6. The van der Waals surface area contributed by atoms with E-state index in [4.69, 9.17) is 16.7 Å². The van der Waals surface area contributed by atoms with E-state index in [0.29, 0.717) is 4.31 Å². The fourth-order valence-electron chi connectivity index (χ4n) is 1.36. The highest BCUT2D eigenvalue weighted by Crippen LogP contribution is 2.24. The van der Waals surface area contributed by atoms with E-state index in [-0.39, 0.29) is 11.6 Å². The standard InChI is InChI=1S/C11H11ClFNO4S/c1-2-6-14(7-10(15)16)19(17,18)9-5-3-4-8(12)11(9)13/h2-5H,1,6-7H2,(H,15,16). The van der Waals surface area contributed by atoms with Gasteiger partial charge in [-0.2, -0.15) is 4.31 Å². The van der Waals surface area contributed by atoms with Crippen LogP contribution < -0.4 is 0 Å². The molecular weight excluding hydrogens is 297 g/mol. The molecule has 0 aliphatic heterocycles. The number of halogens is 2. The summed E-state index contributed by atoms with van der Waals surface area (Å²) in [5.41, 5.74) is 0. The lowest BCUT2D eigenvalue weighted by atomic mass is 10.3. The Kier molecular flexibility index (Phi) is 5.04. The van der Waals surface area contributed by atoms with Gasteiger partial charge >= 0.3 is 5.97 Å². The van der Waals surface area contributed by atoms with Crippen molar-refractivity contribution in [2.75, 3.05) is 13.1 Å². The molecule has 5 nitrogen and oxygen atoms in total. The van der Waals surface area contributed by atoms with Crippen LogP contribution in [0.15, 0.2) is 35.7 Å². The second-order valence-corrected chi connectivity index (χ2v) is 5.85. The summed E-state index contributed by atoms with van der Waals surface area (Å²) >= 11 is 5.51. The van der Waals surface area contributed by atoms with Crippen LogP contribution in [0, 0.1) is 5.82 Å². The average molecular weight is 308 g/mol. The van der Waals surface area contributed by atoms with Gasteiger partial charge in [-0.1, -0.05) is 23.7 Å². The molecule has 0 radical (unpaired) electrons. The molecule has 0 amide bonds. The SMILES string of the molecule is C=CCN(CC(=O)O)S(=O)(=O)c1cccc(Cl)c1F. The molecular formula is C11H11ClFNO4S. The Bertz CT molecular complexity index is 603. The van der Waals surface area contributed by atoms with E-state index in [1.54, 1.807) is 0 Å². The molecule has 0 spiro atoms. The lowest BCUT2D eigenvalue weighted by Crippen LogP contribution is -2.36. The number of carboxylic acids is 1. The molecule has 0 unspecified atom stereocenters. The Morgan fingerprint density at radius 2 is 2.16 bits per heavy atom. The summed E-state index contributed by atoms with van der Waals surface area (Å²) in [5.74, 6) is -2.46. The highest BCUT2D eigenvalue weighted by Gasteiger charge is 2.29. The molecule has 0 heterocycles. The molecule has 0 aliphatic carbocycles. The minimum atomic E-state index is -4.29. The Labute approximate surface area is 115 Å². The van der Waals surface area contributed by atoms with Gasteiger partial charge in [-0.3, -0.25) is 4.79 Å². The first-order valence-corrected chi connectivity index (χ1v) is 6.89. The summed E-state index contributed by atoms with van der Waals surface area (Å²) in [6, 6.07) is 3.49. The first-order valence-electron chi connectivity index (χ1n) is 5.07. The van der Waals surface area contributed by atoms with Crippen molar-refractivity contribution in [1.82, 2.24) is 4.31 Å². The molecule has 0 aromatic heterocycles. The van der Waals surface area contributed by atoms with E-state index in [1.807, 2.05) is 0 Å². The van der Waals surface area contributed by atoms with E-state index in [1.165, 1.54) is 18.2 Å². The Balaban J connectivity index is 3.30. The van der Waals surface area contributed by atoms with Crippen molar-refractivity contribution in [3.8, 4) is 0 Å². The van der Waals surface area contributed by atoms with Crippen molar-refractivity contribution in [2.45, 2.75) is 4.90 Å². The van der Waals surface area contributed by atoms with E-state index in [9.17, 15) is 17.6 Å². The molecule has 1 aromatic carbocycles. The molecule has 19 heavy (non-hydrogen) atoms. The maximum absolute atomic E-state index is 13.7. The fraction of sp³-hybridized carbons (Fsp3) is 0.182. The van der Waals surface area contributed by atoms with Gasteiger partial charge in [0.05, 0.1) is 5.02 Å². The number of carboxylic acid groups (broad SMARTS) is 1. The van der Waals surface area contributed by atoms with Gasteiger partial charge in [0.25, 0.3) is 0 Å². The van der Waals surface area contributed by atoms with Crippen molar-refractivity contribution >= 4 is 27.6 Å². The largest absolute Gasteiger partial charge is 0.480 e. The van der Waals surface area contributed by atoms with Gasteiger partial charge in [-0.25, -0.2) is 12.8 Å². The summed E-state index contributed by atoms with van der Waals surface area (Å²) in [6.45, 7) is 2.30. The number of carbonyl (C=O) groups is 1. The molecule has 0 bridgehead atoms. The van der Waals surface area contributed by atoms with Crippen molar-refractivity contribution in [1.29, 1.82) is 0 Å². The van der Waals surface area contributed by atoms with Crippen LogP contribution in [0.1, 0.15) is 0 Å². The normalized spacial score (nSPS) is 11.5. The summed E-state index contributed by atoms with van der Waals surface area (Å²) in [4.78, 5) is 9.99. The van der Waals surface area contributed by atoms with Crippen LogP contribution in [-0.4, -0.2) is 36.9 Å². The molecule has 1 aromatic rings. The molecule has 0 fully saturated rings. The number of sulfonamides is 1. The number of hydrogen-bond donors (Lipinski definition) is 1. The van der Waals surface area contributed by atoms with Crippen LogP contribution in [0.5, 0.6) is 0 Å². The Hall–Kier alpha value is -1.44. The molecule has 0 saturated heterocycles. The van der Waals surface area contributed by atoms with Gasteiger partial charge in [-0.15, -0.1) is 6.58 Å². The monoisotopic (exact) mass is 307 g/mol. The average Bonchev–Trinajstić information content (AvgIpc) is 2.31. The van der Waals surface area contributed by atoms with Gasteiger partial charge < -0.3 is 5.11 Å². The zero-order chi connectivity index (χ0) is 14.6. The smallest absolute Gasteiger partial charge is 0.318 e. The van der Waals surface area contributed by atoms with Crippen molar-refractivity contribution in [3.63, 3.8) is 0 Å². The topological polar surface area (TPSA) is 74.7 Å². The fourth-order valence-corrected chi connectivity index (χ4v) is 3.04. The van der Waals surface area contributed by atoms with Crippen LogP contribution in [-0.2, 0) is 14.8 Å². The van der Waals surface area contributed by atoms with Gasteiger partial charge in [0.2, 0.25) is 10.0 Å². The number of benzene rings is 1. The highest BCUT2D eigenvalue weighted by molar-refractivity contribution is 7.89. The molecule has 0 aliphatic rings. The van der Waals surface area contributed by atoms with Gasteiger partial charge in [0.15, 0.2) is 5.82 Å². The lowest BCUT2D eigenvalue weighted by Gasteiger charge is -2.19. The second kappa shape index (κ2) is 6.14. The Morgan fingerprint density at radius 1 is 1.53 bits per heavy atom. The lowest BCUT2D eigenvalue weighted by molar-refractivity contribution is -0.137. The minimum absolute atomic E-state index is 0.249. The highest BCUT2D eigenvalue weighted by atomic mass is 35.5. The van der Waals surface area contributed by atoms with Crippen LogP contribution >= 0.6 is 11.6 Å². The first-order chi connectivity index (χ1) is 8.80. The van der Waals surface area contributed by atoms with Crippen LogP contribution in [0.25, 0.3) is 0 Å². The summed E-state index contributed by atoms with van der Waals surface area (Å²) < 4.78 is 38.6. The van der Waals surface area contributed by atoms with Crippen LogP contribution in [0.2, 0.25) is 5.02 Å². The zero-order valence-electron chi connectivity index (χ0n) is 9.71. The van der Waals surface area contributed by atoms with Gasteiger partial charge in [0, 0.05) is 6.54 Å². The first kappa shape index (κ1) is 15.6. The van der Waals surface area contributed by atoms with E-state index in [0.717, 1.165) is 6.07 Å². The second-order valence-electron chi connectivity index (χ2n) is 3.53. The predicted molar refractivity (Wildman–Crippen MR) is 68.0 cm³/mol. The number of hydrogen-bond acceptors (Lipinski definition) is 3. The zero-order valence-corrected chi connectivity index (χ0v) is 11.3. The van der Waals surface area contributed by atoms with E-state index in [2.05, 4.69) is 6.58 Å². The van der Waals surface area contributed by atoms with Crippen molar-refractivity contribution < 1.29 is 22.7 Å². The third kappa shape index (κ3) is 3.52. The van der Waals surface area contributed by atoms with E-state index < -0.39 is 33.3 Å². The molecule has 0 atom stereocenters. The molecule has 8 heteroatoms. The third-order valence-corrected chi connectivity index (χ3v) is 4.30. The predicted octanol–water partition coefficient (Wildman–Crippen LogP) is 1.74. The minimum Gasteiger partial charge on any atom is -0.480 e. The van der Waals surface area contributed by atoms with Crippen molar-refractivity contribution in [2.24, 2.45) is 0 Å². The maximum atomic E-state index is 13.7. The Morgan fingerprint density at radius 3 is 2.68 bits per heavy atom. The quantitative estimate of drug-likeness (QED) is 0.812. The molecule has 0 saturated carbocycles.